The number of unbranched alkanes of at least 4 members (excludes halogenated alkanes) is 1. The molecule has 2 aromatic rings. The molecule has 0 aliphatic rings. The van der Waals surface area contributed by atoms with Crippen molar-refractivity contribution >= 4 is 23.4 Å². The van der Waals surface area contributed by atoms with Gasteiger partial charge >= 0.3 is 6.09 Å². The lowest BCUT2D eigenvalue weighted by molar-refractivity contribution is -0.116. The van der Waals surface area contributed by atoms with E-state index >= 15 is 0 Å². The highest BCUT2D eigenvalue weighted by Gasteiger charge is 2.06. The number of hydrogen-bond acceptors (Lipinski definition) is 5. The van der Waals surface area contributed by atoms with Crippen LogP contribution >= 0.6 is 0 Å². The van der Waals surface area contributed by atoms with Gasteiger partial charge in [0.25, 0.3) is 0 Å². The van der Waals surface area contributed by atoms with Gasteiger partial charge in [-0.3, -0.25) is 10.1 Å². The van der Waals surface area contributed by atoms with Gasteiger partial charge in [-0.1, -0.05) is 18.2 Å². The zero-order chi connectivity index (χ0) is 21.8. The molecule has 2 N–H and O–H groups in total. The Morgan fingerprint density at radius 2 is 1.67 bits per heavy atom. The van der Waals surface area contributed by atoms with Crippen LogP contribution in [0, 0.1) is 13.8 Å². The summed E-state index contributed by atoms with van der Waals surface area (Å²) in [4.78, 5) is 23.9. The van der Waals surface area contributed by atoms with Crippen LogP contribution in [0.15, 0.2) is 42.5 Å². The Kier molecular flexibility index (Phi) is 9.67. The van der Waals surface area contributed by atoms with Crippen molar-refractivity contribution in [3.8, 4) is 5.75 Å². The van der Waals surface area contributed by atoms with Gasteiger partial charge in [-0.2, -0.15) is 0 Å². The molecule has 0 aliphatic heterocycles. The molecule has 0 fully saturated rings. The number of aryl methyl sites for hydroxylation is 2. The Balaban J connectivity index is 1.69. The van der Waals surface area contributed by atoms with Gasteiger partial charge in [0, 0.05) is 24.9 Å². The molecule has 0 spiro atoms. The van der Waals surface area contributed by atoms with Crippen molar-refractivity contribution < 1.29 is 23.8 Å². The van der Waals surface area contributed by atoms with E-state index in [9.17, 15) is 9.59 Å². The molecule has 2 aromatic carbocycles. The molecule has 0 aromatic heterocycles. The van der Waals surface area contributed by atoms with E-state index in [0.717, 1.165) is 29.7 Å². The van der Waals surface area contributed by atoms with Crippen molar-refractivity contribution in [3.05, 3.63) is 53.6 Å². The first-order valence-electron chi connectivity index (χ1n) is 10.0. The minimum atomic E-state index is -0.570. The van der Waals surface area contributed by atoms with Gasteiger partial charge in [0.1, 0.15) is 12.4 Å². The molecule has 0 saturated carbocycles. The van der Waals surface area contributed by atoms with Crippen LogP contribution in [0.2, 0.25) is 0 Å². The number of ether oxygens (including phenoxy) is 3. The highest BCUT2D eigenvalue weighted by molar-refractivity contribution is 5.92. The molecule has 0 heterocycles. The first-order valence-corrected chi connectivity index (χ1v) is 10.0. The Labute approximate surface area is 177 Å². The summed E-state index contributed by atoms with van der Waals surface area (Å²) in [5.41, 5.74) is 3.42. The predicted octanol–water partition coefficient (Wildman–Crippen LogP) is 4.69. The summed E-state index contributed by atoms with van der Waals surface area (Å²) in [6, 6.07) is 13.0. The summed E-state index contributed by atoms with van der Waals surface area (Å²) >= 11 is 0. The number of hydrogen-bond donors (Lipinski definition) is 2. The van der Waals surface area contributed by atoms with Crippen molar-refractivity contribution in [3.63, 3.8) is 0 Å². The number of benzene rings is 2. The van der Waals surface area contributed by atoms with Crippen LogP contribution < -0.4 is 15.4 Å². The first-order chi connectivity index (χ1) is 14.5. The van der Waals surface area contributed by atoms with Crippen LogP contribution in [0.3, 0.4) is 0 Å². The van der Waals surface area contributed by atoms with E-state index in [-0.39, 0.29) is 12.5 Å². The molecule has 0 saturated heterocycles. The molecule has 7 nitrogen and oxygen atoms in total. The summed E-state index contributed by atoms with van der Waals surface area (Å²) in [5, 5.41) is 5.46. The maximum atomic E-state index is 12.2. The summed E-state index contributed by atoms with van der Waals surface area (Å²) in [7, 11) is 1.53. The van der Waals surface area contributed by atoms with Crippen LogP contribution in [0.4, 0.5) is 16.2 Å². The van der Waals surface area contributed by atoms with Gasteiger partial charge in [0.2, 0.25) is 5.91 Å². The lowest BCUT2D eigenvalue weighted by Gasteiger charge is -2.10. The molecule has 0 aliphatic carbocycles. The minimum Gasteiger partial charge on any atom is -0.493 e. The number of rotatable bonds is 11. The standard InChI is InChI=1S/C23H30N2O5/c1-17-10-11-18(2)21(15-17)29-12-5-4-9-22(26)24-19-7-6-8-20(16-19)25-23(27)30-14-13-28-3/h6-8,10-11,15-16H,4-5,9,12-14H2,1-3H3,(H,24,26)(H,25,27). The first kappa shape index (κ1) is 23.2. The van der Waals surface area contributed by atoms with E-state index in [2.05, 4.69) is 16.7 Å². The van der Waals surface area contributed by atoms with Crippen LogP contribution in [0.5, 0.6) is 5.75 Å². The van der Waals surface area contributed by atoms with Gasteiger partial charge in [-0.25, -0.2) is 4.79 Å². The molecular formula is C23H30N2O5. The van der Waals surface area contributed by atoms with Crippen LogP contribution in [0.1, 0.15) is 30.4 Å². The van der Waals surface area contributed by atoms with Gasteiger partial charge < -0.3 is 19.5 Å². The molecule has 7 heteroatoms. The van der Waals surface area contributed by atoms with E-state index in [4.69, 9.17) is 14.2 Å². The third kappa shape index (κ3) is 8.53. The Morgan fingerprint density at radius 3 is 2.43 bits per heavy atom. The van der Waals surface area contributed by atoms with Crippen molar-refractivity contribution in [1.29, 1.82) is 0 Å². The van der Waals surface area contributed by atoms with E-state index in [1.54, 1.807) is 24.3 Å². The quantitative estimate of drug-likeness (QED) is 0.521. The fraction of sp³-hybridized carbons (Fsp3) is 0.391. The maximum absolute atomic E-state index is 12.2. The zero-order valence-electron chi connectivity index (χ0n) is 17.8. The lowest BCUT2D eigenvalue weighted by atomic mass is 10.1. The van der Waals surface area contributed by atoms with Crippen molar-refractivity contribution in [1.82, 2.24) is 0 Å². The Morgan fingerprint density at radius 1 is 0.900 bits per heavy atom. The number of amides is 2. The summed E-state index contributed by atoms with van der Waals surface area (Å²) in [6.45, 7) is 5.13. The maximum Gasteiger partial charge on any atom is 0.411 e. The highest BCUT2D eigenvalue weighted by atomic mass is 16.6. The fourth-order valence-electron chi connectivity index (χ4n) is 2.70. The smallest absolute Gasteiger partial charge is 0.411 e. The number of carbonyl (C=O) groups is 2. The second-order valence-corrected chi connectivity index (χ2v) is 6.96. The number of anilines is 2. The van der Waals surface area contributed by atoms with Crippen molar-refractivity contribution in [2.45, 2.75) is 33.1 Å². The van der Waals surface area contributed by atoms with Gasteiger partial charge in [-0.15, -0.1) is 0 Å². The average molecular weight is 415 g/mol. The van der Waals surface area contributed by atoms with E-state index < -0.39 is 6.09 Å². The number of methoxy groups -OCH3 is 1. The van der Waals surface area contributed by atoms with Gasteiger partial charge in [0.05, 0.1) is 13.2 Å². The second-order valence-electron chi connectivity index (χ2n) is 6.96. The van der Waals surface area contributed by atoms with Gasteiger partial charge in [0.15, 0.2) is 0 Å². The van der Waals surface area contributed by atoms with Crippen LogP contribution in [0.25, 0.3) is 0 Å². The monoisotopic (exact) mass is 414 g/mol. The predicted molar refractivity (Wildman–Crippen MR) is 117 cm³/mol. The van der Waals surface area contributed by atoms with E-state index in [0.29, 0.717) is 31.0 Å². The summed E-state index contributed by atoms with van der Waals surface area (Å²) in [6.07, 6.45) is 1.34. The fourth-order valence-corrected chi connectivity index (χ4v) is 2.70. The molecule has 30 heavy (non-hydrogen) atoms. The number of nitrogens with one attached hydrogen (secondary N) is 2. The zero-order valence-corrected chi connectivity index (χ0v) is 17.8. The molecular weight excluding hydrogens is 384 g/mol. The highest BCUT2D eigenvalue weighted by Crippen LogP contribution is 2.19. The summed E-state index contributed by atoms with van der Waals surface area (Å²) < 4.78 is 15.6. The average Bonchev–Trinajstić information content (AvgIpc) is 2.70. The van der Waals surface area contributed by atoms with Crippen molar-refractivity contribution in [2.75, 3.05) is 37.6 Å². The van der Waals surface area contributed by atoms with Gasteiger partial charge in [-0.05, 0) is 62.1 Å². The normalized spacial score (nSPS) is 10.4. The van der Waals surface area contributed by atoms with Crippen LogP contribution in [-0.2, 0) is 14.3 Å². The van der Waals surface area contributed by atoms with E-state index in [1.807, 2.05) is 26.0 Å². The summed E-state index contributed by atoms with van der Waals surface area (Å²) in [5.74, 6) is 0.811. The molecule has 2 amide bonds. The van der Waals surface area contributed by atoms with E-state index in [1.165, 1.54) is 7.11 Å². The topological polar surface area (TPSA) is 85.9 Å². The third-order valence-corrected chi connectivity index (χ3v) is 4.31. The molecule has 0 atom stereocenters. The SMILES string of the molecule is COCCOC(=O)Nc1cccc(NC(=O)CCCCOc2cc(C)ccc2C)c1. The van der Waals surface area contributed by atoms with Crippen molar-refractivity contribution in [2.24, 2.45) is 0 Å². The second kappa shape index (κ2) is 12.5. The Hall–Kier alpha value is -3.06. The molecule has 0 bridgehead atoms. The minimum absolute atomic E-state index is 0.0819. The number of carbonyl (C=O) groups excluding carboxylic acids is 2. The third-order valence-electron chi connectivity index (χ3n) is 4.31. The molecule has 0 unspecified atom stereocenters. The molecule has 2 rings (SSSR count). The van der Waals surface area contributed by atoms with Crippen LogP contribution in [-0.4, -0.2) is 38.9 Å². The molecule has 162 valence electrons. The lowest BCUT2D eigenvalue weighted by Crippen LogP contribution is -2.16. The Bertz CT molecular complexity index is 838. The molecule has 0 radical (unpaired) electrons. The largest absolute Gasteiger partial charge is 0.493 e.